The molecule has 1 aromatic carbocycles. The molecular weight excluding hydrogens is 327 g/mol. The fraction of sp³-hybridized carbons (Fsp3) is 0.417. The number of hydrogen-bond donors (Lipinski definition) is 2. The number of carbonyl (C=O) groups excluding carboxylic acids is 1. The third kappa shape index (κ3) is 4.26. The molecule has 0 spiro atoms. The molecule has 1 rings (SSSR count). The molecule has 0 unspecified atom stereocenters. The Kier molecular flexibility index (Phi) is 4.66. The van der Waals surface area contributed by atoms with Crippen molar-refractivity contribution in [1.82, 2.24) is 0 Å². The summed E-state index contributed by atoms with van der Waals surface area (Å²) in [6.07, 6.45) is -1.05. The predicted octanol–water partition coefficient (Wildman–Crippen LogP) is 3.03. The molecule has 0 saturated heterocycles. The molecule has 0 heterocycles. The Morgan fingerprint density at radius 1 is 1.23 bits per heavy atom. The van der Waals surface area contributed by atoms with Crippen LogP contribution in [0.2, 0.25) is 0 Å². The number of anilines is 1. The van der Waals surface area contributed by atoms with E-state index in [9.17, 15) is 31.5 Å². The lowest BCUT2D eigenvalue weighted by molar-refractivity contribution is -0.0436. The summed E-state index contributed by atoms with van der Waals surface area (Å²) in [5, 5.41) is 11.5. The molecule has 0 radical (unpaired) electrons. The molecule has 1 amide bonds. The fourth-order valence-corrected chi connectivity index (χ4v) is 2.12. The second-order valence-electron chi connectivity index (χ2n) is 5.26. The topological polar surface area (TPSA) is 92.7 Å². The predicted molar refractivity (Wildman–Crippen MR) is 71.2 cm³/mol. The van der Waals surface area contributed by atoms with E-state index in [1.54, 1.807) is 20.8 Å². The molecule has 22 heavy (non-hydrogen) atoms. The van der Waals surface area contributed by atoms with E-state index in [2.05, 4.69) is 0 Å². The summed E-state index contributed by atoms with van der Waals surface area (Å²) in [5.41, 5.74) is -6.89. The van der Waals surface area contributed by atoms with E-state index in [4.69, 9.17) is 4.74 Å². The van der Waals surface area contributed by atoms with Crippen molar-refractivity contribution in [3.8, 4) is 5.75 Å². The number of rotatable bonds is 2. The minimum Gasteiger partial charge on any atom is -0.506 e. The van der Waals surface area contributed by atoms with E-state index in [0.717, 1.165) is 6.07 Å². The molecule has 0 fully saturated rings. The summed E-state index contributed by atoms with van der Waals surface area (Å²) < 4.78 is 64.8. The molecule has 2 N–H and O–H groups in total. The fourth-order valence-electron chi connectivity index (χ4n) is 1.33. The van der Waals surface area contributed by atoms with Crippen LogP contribution in [0.3, 0.4) is 0 Å². The Bertz CT molecular complexity index is 677. The van der Waals surface area contributed by atoms with Crippen molar-refractivity contribution in [1.29, 1.82) is 0 Å². The standard InChI is InChI=1S/C12H14F3NO5S/c1-11(2,3)21-10(18)16-8-6-7(4-5-9(8)17)22(19,20)12(13,14)15/h4-6,17H,1-3H3,(H,16,18). The van der Waals surface area contributed by atoms with Gasteiger partial charge in [0.1, 0.15) is 11.4 Å². The number of ether oxygens (including phenoxy) is 1. The highest BCUT2D eigenvalue weighted by Crippen LogP contribution is 2.34. The highest BCUT2D eigenvalue weighted by atomic mass is 32.2. The zero-order valence-electron chi connectivity index (χ0n) is 11.9. The first-order valence-corrected chi connectivity index (χ1v) is 7.37. The molecule has 0 bridgehead atoms. The van der Waals surface area contributed by atoms with Crippen LogP contribution in [0.1, 0.15) is 20.8 Å². The van der Waals surface area contributed by atoms with Crippen molar-refractivity contribution >= 4 is 21.6 Å². The summed E-state index contributed by atoms with van der Waals surface area (Å²) >= 11 is 0. The van der Waals surface area contributed by atoms with Gasteiger partial charge in [-0.15, -0.1) is 0 Å². The lowest BCUT2D eigenvalue weighted by atomic mass is 10.2. The highest BCUT2D eigenvalue weighted by Gasteiger charge is 2.47. The number of hydrogen-bond acceptors (Lipinski definition) is 5. The SMILES string of the molecule is CC(C)(C)OC(=O)Nc1cc(S(=O)(=O)C(F)(F)F)ccc1O. The average molecular weight is 341 g/mol. The number of sulfone groups is 1. The monoisotopic (exact) mass is 341 g/mol. The lowest BCUT2D eigenvalue weighted by Crippen LogP contribution is -2.27. The van der Waals surface area contributed by atoms with Crippen LogP contribution in [0.5, 0.6) is 5.75 Å². The molecule has 0 aliphatic rings. The maximum absolute atomic E-state index is 12.5. The number of nitrogens with one attached hydrogen (secondary N) is 1. The zero-order valence-corrected chi connectivity index (χ0v) is 12.7. The number of alkyl halides is 3. The van der Waals surface area contributed by atoms with Gasteiger partial charge in [0.05, 0.1) is 10.6 Å². The number of phenolic OH excluding ortho intramolecular Hbond substituents is 1. The number of benzene rings is 1. The number of carbonyl (C=O) groups is 1. The van der Waals surface area contributed by atoms with Crippen molar-refractivity contribution in [3.63, 3.8) is 0 Å². The van der Waals surface area contributed by atoms with Crippen molar-refractivity contribution in [2.24, 2.45) is 0 Å². The van der Waals surface area contributed by atoms with E-state index >= 15 is 0 Å². The minimum absolute atomic E-state index is 0.502. The lowest BCUT2D eigenvalue weighted by Gasteiger charge is -2.20. The highest BCUT2D eigenvalue weighted by molar-refractivity contribution is 7.92. The molecule has 0 atom stereocenters. The Labute approximate surface area is 124 Å². The number of halogens is 3. The van der Waals surface area contributed by atoms with Gasteiger partial charge in [-0.25, -0.2) is 13.2 Å². The van der Waals surface area contributed by atoms with Gasteiger partial charge in [-0.2, -0.15) is 13.2 Å². The Hall–Kier alpha value is -1.97. The van der Waals surface area contributed by atoms with E-state index in [1.165, 1.54) is 0 Å². The minimum atomic E-state index is -5.59. The van der Waals surface area contributed by atoms with Crippen molar-refractivity contribution in [2.45, 2.75) is 36.8 Å². The maximum atomic E-state index is 12.5. The number of amides is 1. The molecule has 10 heteroatoms. The van der Waals surface area contributed by atoms with Gasteiger partial charge in [-0.1, -0.05) is 0 Å². The number of phenols is 1. The molecule has 0 aromatic heterocycles. The first-order valence-electron chi connectivity index (χ1n) is 5.88. The van der Waals surface area contributed by atoms with Gasteiger partial charge in [-0.05, 0) is 39.0 Å². The molecule has 6 nitrogen and oxygen atoms in total. The van der Waals surface area contributed by atoms with Gasteiger partial charge in [0.2, 0.25) is 0 Å². The second kappa shape index (κ2) is 5.67. The molecule has 124 valence electrons. The van der Waals surface area contributed by atoms with Crippen LogP contribution in [0.4, 0.5) is 23.7 Å². The van der Waals surface area contributed by atoms with Crippen LogP contribution in [0, 0.1) is 0 Å². The molecular formula is C12H14F3NO5S. The quantitative estimate of drug-likeness (QED) is 0.807. The summed E-state index contributed by atoms with van der Waals surface area (Å²) in [5.74, 6) is -0.605. The summed E-state index contributed by atoms with van der Waals surface area (Å²) in [4.78, 5) is 10.4. The van der Waals surface area contributed by atoms with Gasteiger partial charge < -0.3 is 9.84 Å². The van der Waals surface area contributed by atoms with Crippen LogP contribution < -0.4 is 5.32 Å². The first-order chi connectivity index (χ1) is 9.74. The average Bonchev–Trinajstić information content (AvgIpc) is 2.27. The number of aromatic hydroxyl groups is 1. The Balaban J connectivity index is 3.14. The molecule has 0 aliphatic heterocycles. The van der Waals surface area contributed by atoms with E-state index < -0.39 is 43.4 Å². The van der Waals surface area contributed by atoms with Crippen LogP contribution >= 0.6 is 0 Å². The van der Waals surface area contributed by atoms with Gasteiger partial charge in [0, 0.05) is 0 Å². The maximum Gasteiger partial charge on any atom is 0.501 e. The molecule has 1 aromatic rings. The van der Waals surface area contributed by atoms with Gasteiger partial charge >= 0.3 is 11.6 Å². The first kappa shape index (κ1) is 18.1. The van der Waals surface area contributed by atoms with Crippen LogP contribution in [-0.2, 0) is 14.6 Å². The smallest absolute Gasteiger partial charge is 0.501 e. The zero-order chi connectivity index (χ0) is 17.3. The van der Waals surface area contributed by atoms with Crippen molar-refractivity contribution in [3.05, 3.63) is 18.2 Å². The van der Waals surface area contributed by atoms with Gasteiger partial charge in [0.25, 0.3) is 9.84 Å². The Morgan fingerprint density at radius 2 is 1.77 bits per heavy atom. The van der Waals surface area contributed by atoms with Crippen LogP contribution in [0.15, 0.2) is 23.1 Å². The van der Waals surface area contributed by atoms with E-state index in [0.29, 0.717) is 12.1 Å². The third-order valence-corrected chi connectivity index (χ3v) is 3.70. The van der Waals surface area contributed by atoms with Crippen LogP contribution in [-0.4, -0.2) is 30.7 Å². The van der Waals surface area contributed by atoms with E-state index in [1.807, 2.05) is 5.32 Å². The normalized spacial score (nSPS) is 12.8. The molecule has 0 aliphatic carbocycles. The van der Waals surface area contributed by atoms with Crippen LogP contribution in [0.25, 0.3) is 0 Å². The summed E-state index contributed by atoms with van der Waals surface area (Å²) in [6.45, 7) is 4.66. The third-order valence-electron chi connectivity index (χ3n) is 2.22. The summed E-state index contributed by atoms with van der Waals surface area (Å²) in [6, 6.07) is 1.81. The second-order valence-corrected chi connectivity index (χ2v) is 7.20. The largest absolute Gasteiger partial charge is 0.506 e. The van der Waals surface area contributed by atoms with Gasteiger partial charge in [0.15, 0.2) is 0 Å². The Morgan fingerprint density at radius 3 is 2.23 bits per heavy atom. The molecule has 0 saturated carbocycles. The van der Waals surface area contributed by atoms with Gasteiger partial charge in [-0.3, -0.25) is 5.32 Å². The van der Waals surface area contributed by atoms with Crippen molar-refractivity contribution < 1.29 is 36.2 Å². The van der Waals surface area contributed by atoms with Crippen molar-refractivity contribution in [2.75, 3.05) is 5.32 Å². The van der Waals surface area contributed by atoms with E-state index in [-0.39, 0.29) is 0 Å². The summed E-state index contributed by atoms with van der Waals surface area (Å²) in [7, 11) is -5.59.